The normalized spacial score (nSPS) is 13.9. The summed E-state index contributed by atoms with van der Waals surface area (Å²) in [7, 11) is 0. The molecule has 0 bridgehead atoms. The summed E-state index contributed by atoms with van der Waals surface area (Å²) in [4.78, 5) is 23.0. The molecule has 0 aliphatic rings. The molecule has 1 amide bonds. The lowest BCUT2D eigenvalue weighted by Gasteiger charge is -2.19. The Hall–Kier alpha value is -1.88. The number of carbonyl (C=O) groups is 2. The van der Waals surface area contributed by atoms with E-state index in [2.05, 4.69) is 5.32 Å². The van der Waals surface area contributed by atoms with Gasteiger partial charge in [-0.3, -0.25) is 4.79 Å². The van der Waals surface area contributed by atoms with Crippen molar-refractivity contribution in [1.29, 1.82) is 0 Å². The molecule has 0 aliphatic heterocycles. The van der Waals surface area contributed by atoms with Crippen molar-refractivity contribution in [3.63, 3.8) is 0 Å². The van der Waals surface area contributed by atoms with Crippen molar-refractivity contribution in [2.45, 2.75) is 32.4 Å². The molecule has 0 spiro atoms. The van der Waals surface area contributed by atoms with E-state index in [1.807, 2.05) is 44.2 Å². The van der Waals surface area contributed by atoms with Crippen molar-refractivity contribution in [2.75, 3.05) is 0 Å². The fourth-order valence-electron chi connectivity index (χ4n) is 1.62. The molecule has 1 aromatic carbocycles. The van der Waals surface area contributed by atoms with E-state index in [4.69, 9.17) is 10.8 Å². The maximum atomic E-state index is 11.8. The number of rotatable bonds is 6. The summed E-state index contributed by atoms with van der Waals surface area (Å²) in [6, 6.07) is 7.50. The Morgan fingerprint density at radius 2 is 1.84 bits per heavy atom. The highest BCUT2D eigenvalue weighted by molar-refractivity contribution is 5.87. The summed E-state index contributed by atoms with van der Waals surface area (Å²) in [6.45, 7) is 3.63. The summed E-state index contributed by atoms with van der Waals surface area (Å²) in [5.41, 5.74) is 6.55. The Labute approximate surface area is 112 Å². The second-order valence-corrected chi connectivity index (χ2v) is 4.86. The second-order valence-electron chi connectivity index (χ2n) is 4.86. The Balaban J connectivity index is 2.69. The number of nitrogens with one attached hydrogen (secondary N) is 1. The molecule has 0 saturated carbocycles. The molecule has 2 atom stereocenters. The minimum absolute atomic E-state index is 0.0360. The van der Waals surface area contributed by atoms with Crippen LogP contribution in [0.4, 0.5) is 0 Å². The van der Waals surface area contributed by atoms with E-state index in [0.29, 0.717) is 0 Å². The number of hydrogen-bond donors (Lipinski definition) is 3. The molecule has 1 aromatic rings. The maximum absolute atomic E-state index is 11.8. The lowest BCUT2D eigenvalue weighted by atomic mass is 10.0. The Morgan fingerprint density at radius 1 is 1.26 bits per heavy atom. The molecular formula is C14H20N2O3. The van der Waals surface area contributed by atoms with Gasteiger partial charge < -0.3 is 16.2 Å². The maximum Gasteiger partial charge on any atom is 0.326 e. The second kappa shape index (κ2) is 6.89. The van der Waals surface area contributed by atoms with Crippen molar-refractivity contribution < 1.29 is 14.7 Å². The molecule has 104 valence electrons. The lowest BCUT2D eigenvalue weighted by Crippen LogP contribution is -2.51. The number of hydrogen-bond acceptors (Lipinski definition) is 3. The molecule has 5 heteroatoms. The van der Waals surface area contributed by atoms with Crippen molar-refractivity contribution in [1.82, 2.24) is 5.32 Å². The molecule has 0 saturated heterocycles. The van der Waals surface area contributed by atoms with Gasteiger partial charge in [-0.1, -0.05) is 44.2 Å². The van der Waals surface area contributed by atoms with Crippen LogP contribution in [0.15, 0.2) is 30.3 Å². The number of carbonyl (C=O) groups excluding carboxylic acids is 1. The van der Waals surface area contributed by atoms with Gasteiger partial charge in [0, 0.05) is 6.42 Å². The van der Waals surface area contributed by atoms with E-state index in [1.54, 1.807) is 0 Å². The number of aliphatic carboxylic acids is 1. The third kappa shape index (κ3) is 4.71. The van der Waals surface area contributed by atoms with Crippen LogP contribution in [-0.2, 0) is 16.0 Å². The van der Waals surface area contributed by atoms with Crippen LogP contribution in [0.1, 0.15) is 19.4 Å². The Morgan fingerprint density at radius 3 is 2.32 bits per heavy atom. The molecule has 1 rings (SSSR count). The first kappa shape index (κ1) is 15.2. The molecule has 1 unspecified atom stereocenters. The van der Waals surface area contributed by atoms with Gasteiger partial charge in [-0.25, -0.2) is 4.79 Å². The van der Waals surface area contributed by atoms with Crippen LogP contribution in [0.3, 0.4) is 0 Å². The number of nitrogens with two attached hydrogens (primary N) is 1. The molecule has 0 radical (unpaired) electrons. The summed E-state index contributed by atoms with van der Waals surface area (Å²) in [5.74, 6) is -1.53. The van der Waals surface area contributed by atoms with Gasteiger partial charge in [-0.2, -0.15) is 0 Å². The quantitative estimate of drug-likeness (QED) is 0.708. The fraction of sp³-hybridized carbons (Fsp3) is 0.429. The molecule has 0 fully saturated rings. The summed E-state index contributed by atoms with van der Waals surface area (Å²) < 4.78 is 0. The van der Waals surface area contributed by atoms with Crippen LogP contribution in [0.2, 0.25) is 0 Å². The van der Waals surface area contributed by atoms with Crippen LogP contribution in [0, 0.1) is 5.92 Å². The molecule has 0 aliphatic carbocycles. The summed E-state index contributed by atoms with van der Waals surface area (Å²) >= 11 is 0. The molecule has 5 nitrogen and oxygen atoms in total. The van der Waals surface area contributed by atoms with E-state index < -0.39 is 24.0 Å². The highest BCUT2D eigenvalue weighted by atomic mass is 16.4. The predicted molar refractivity (Wildman–Crippen MR) is 72.5 cm³/mol. The van der Waals surface area contributed by atoms with Crippen LogP contribution >= 0.6 is 0 Å². The van der Waals surface area contributed by atoms with Crippen LogP contribution in [-0.4, -0.2) is 29.1 Å². The zero-order valence-electron chi connectivity index (χ0n) is 11.2. The zero-order chi connectivity index (χ0) is 14.4. The van der Waals surface area contributed by atoms with Crippen molar-refractivity contribution in [2.24, 2.45) is 11.7 Å². The number of benzene rings is 1. The monoisotopic (exact) mass is 264 g/mol. The largest absolute Gasteiger partial charge is 0.480 e. The molecule has 0 aromatic heterocycles. The van der Waals surface area contributed by atoms with Gasteiger partial charge in [0.25, 0.3) is 0 Å². The summed E-state index contributed by atoms with van der Waals surface area (Å²) in [6.07, 6.45) is 0.243. The topological polar surface area (TPSA) is 92.4 Å². The van der Waals surface area contributed by atoms with E-state index in [0.717, 1.165) is 5.56 Å². The minimum atomic E-state index is -1.06. The van der Waals surface area contributed by atoms with Crippen LogP contribution in [0.25, 0.3) is 0 Å². The Bertz CT molecular complexity index is 432. The third-order valence-electron chi connectivity index (χ3n) is 2.92. The van der Waals surface area contributed by atoms with Crippen LogP contribution in [0.5, 0.6) is 0 Å². The molecule has 19 heavy (non-hydrogen) atoms. The van der Waals surface area contributed by atoms with Gasteiger partial charge in [-0.05, 0) is 11.5 Å². The lowest BCUT2D eigenvalue weighted by molar-refractivity contribution is -0.142. The third-order valence-corrected chi connectivity index (χ3v) is 2.92. The van der Waals surface area contributed by atoms with Gasteiger partial charge in [-0.15, -0.1) is 0 Å². The molecule has 4 N–H and O–H groups in total. The van der Waals surface area contributed by atoms with Gasteiger partial charge in [0.15, 0.2) is 0 Å². The first-order valence-electron chi connectivity index (χ1n) is 6.24. The zero-order valence-corrected chi connectivity index (χ0v) is 11.2. The first-order valence-corrected chi connectivity index (χ1v) is 6.24. The fourth-order valence-corrected chi connectivity index (χ4v) is 1.62. The van der Waals surface area contributed by atoms with Gasteiger partial charge in [0.05, 0.1) is 6.04 Å². The standard InChI is InChI=1S/C14H20N2O3/c1-9(2)12(15)13(17)16-11(14(18)19)8-10-6-4-3-5-7-10/h3-7,9,11-12H,8,15H2,1-2H3,(H,16,17)(H,18,19)/t11?,12-/m0/s1. The van der Waals surface area contributed by atoms with E-state index in [-0.39, 0.29) is 12.3 Å². The van der Waals surface area contributed by atoms with Gasteiger partial charge >= 0.3 is 5.97 Å². The van der Waals surface area contributed by atoms with Crippen molar-refractivity contribution >= 4 is 11.9 Å². The van der Waals surface area contributed by atoms with E-state index >= 15 is 0 Å². The van der Waals surface area contributed by atoms with Crippen LogP contribution < -0.4 is 11.1 Å². The van der Waals surface area contributed by atoms with E-state index in [9.17, 15) is 9.59 Å². The number of carboxylic acid groups (broad SMARTS) is 1. The number of carboxylic acids is 1. The predicted octanol–water partition coefficient (Wildman–Crippen LogP) is 0.782. The molecule has 0 heterocycles. The number of amides is 1. The summed E-state index contributed by atoms with van der Waals surface area (Å²) in [5, 5.41) is 11.6. The Kier molecular flexibility index (Phi) is 5.51. The van der Waals surface area contributed by atoms with Gasteiger partial charge in [0.2, 0.25) is 5.91 Å². The molecular weight excluding hydrogens is 244 g/mol. The van der Waals surface area contributed by atoms with Crippen molar-refractivity contribution in [3.8, 4) is 0 Å². The smallest absolute Gasteiger partial charge is 0.326 e. The van der Waals surface area contributed by atoms with Gasteiger partial charge in [0.1, 0.15) is 6.04 Å². The average Bonchev–Trinajstić information content (AvgIpc) is 2.37. The van der Waals surface area contributed by atoms with Crippen molar-refractivity contribution in [3.05, 3.63) is 35.9 Å². The highest BCUT2D eigenvalue weighted by Gasteiger charge is 2.24. The SMILES string of the molecule is CC(C)[C@H](N)C(=O)NC(Cc1ccccc1)C(=O)O. The first-order chi connectivity index (χ1) is 8.91. The van der Waals surface area contributed by atoms with E-state index in [1.165, 1.54) is 0 Å². The average molecular weight is 264 g/mol. The highest BCUT2D eigenvalue weighted by Crippen LogP contribution is 2.05. The minimum Gasteiger partial charge on any atom is -0.480 e.